The number of likely N-dealkylation sites (tertiary alicyclic amines) is 1. The summed E-state index contributed by atoms with van der Waals surface area (Å²) in [7, 11) is 0. The van der Waals surface area contributed by atoms with Gasteiger partial charge in [-0.15, -0.1) is 0 Å². The maximum Gasteiger partial charge on any atom is 0.410 e. The second-order valence-corrected chi connectivity index (χ2v) is 8.21. The van der Waals surface area contributed by atoms with Gasteiger partial charge in [-0.1, -0.05) is 20.8 Å². The average molecular weight is 312 g/mol. The summed E-state index contributed by atoms with van der Waals surface area (Å²) in [6.45, 7) is 13.6. The fourth-order valence-electron chi connectivity index (χ4n) is 2.39. The lowest BCUT2D eigenvalue weighted by Crippen LogP contribution is -2.42. The van der Waals surface area contributed by atoms with Crippen LogP contribution in [-0.2, 0) is 9.53 Å². The predicted molar refractivity (Wildman–Crippen MR) is 87.6 cm³/mol. The monoisotopic (exact) mass is 312 g/mol. The molecular formula is C17H32N2O3. The minimum atomic E-state index is -0.439. The van der Waals surface area contributed by atoms with E-state index in [1.165, 1.54) is 0 Å². The zero-order valence-electron chi connectivity index (χ0n) is 15.0. The van der Waals surface area contributed by atoms with E-state index in [9.17, 15) is 9.59 Å². The molecule has 5 nitrogen and oxygen atoms in total. The minimum Gasteiger partial charge on any atom is -0.444 e. The van der Waals surface area contributed by atoms with Crippen molar-refractivity contribution in [3.05, 3.63) is 0 Å². The van der Waals surface area contributed by atoms with Gasteiger partial charge < -0.3 is 15.0 Å². The van der Waals surface area contributed by atoms with Crippen LogP contribution in [0.4, 0.5) is 4.79 Å². The third-order valence-corrected chi connectivity index (χ3v) is 3.79. The Morgan fingerprint density at radius 3 is 2.09 bits per heavy atom. The average Bonchev–Trinajstić information content (AvgIpc) is 2.36. The van der Waals surface area contributed by atoms with Gasteiger partial charge in [-0.2, -0.15) is 0 Å². The number of carbonyl (C=O) groups excluding carboxylic acids is 2. The first-order valence-electron chi connectivity index (χ1n) is 8.25. The largest absolute Gasteiger partial charge is 0.444 e. The van der Waals surface area contributed by atoms with Crippen LogP contribution in [-0.4, -0.2) is 42.1 Å². The van der Waals surface area contributed by atoms with Gasteiger partial charge >= 0.3 is 6.09 Å². The van der Waals surface area contributed by atoms with Crippen LogP contribution in [0.25, 0.3) is 0 Å². The lowest BCUT2D eigenvalue weighted by atomic mass is 9.92. The molecule has 1 fully saturated rings. The number of nitrogens with zero attached hydrogens (tertiary/aromatic N) is 1. The van der Waals surface area contributed by atoms with Crippen molar-refractivity contribution in [2.75, 3.05) is 19.6 Å². The van der Waals surface area contributed by atoms with E-state index >= 15 is 0 Å². The van der Waals surface area contributed by atoms with E-state index in [1.54, 1.807) is 4.90 Å². The Bertz CT molecular complexity index is 386. The normalized spacial score (nSPS) is 17.3. The first-order valence-corrected chi connectivity index (χ1v) is 8.25. The first kappa shape index (κ1) is 18.8. The molecule has 0 spiro atoms. The smallest absolute Gasteiger partial charge is 0.410 e. The SMILES string of the molecule is CC(C)(C)OC(=O)N1CCC(CCNC(=O)C(C)(C)C)CC1. The molecule has 0 aromatic rings. The van der Waals surface area contributed by atoms with Gasteiger partial charge in [0.25, 0.3) is 0 Å². The summed E-state index contributed by atoms with van der Waals surface area (Å²) in [5.74, 6) is 0.664. The third kappa shape index (κ3) is 6.67. The van der Waals surface area contributed by atoms with E-state index in [2.05, 4.69) is 5.32 Å². The Morgan fingerprint density at radius 2 is 1.64 bits per heavy atom. The number of rotatable bonds is 3. The number of ether oxygens (including phenoxy) is 1. The fraction of sp³-hybridized carbons (Fsp3) is 0.882. The summed E-state index contributed by atoms with van der Waals surface area (Å²) in [6.07, 6.45) is 2.71. The van der Waals surface area contributed by atoms with Crippen molar-refractivity contribution in [1.82, 2.24) is 10.2 Å². The molecular weight excluding hydrogens is 280 g/mol. The highest BCUT2D eigenvalue weighted by Gasteiger charge is 2.27. The van der Waals surface area contributed by atoms with Gasteiger partial charge in [0.05, 0.1) is 0 Å². The number of hydrogen-bond acceptors (Lipinski definition) is 3. The van der Waals surface area contributed by atoms with Crippen LogP contribution in [0.15, 0.2) is 0 Å². The van der Waals surface area contributed by atoms with Gasteiger partial charge in [0.1, 0.15) is 5.60 Å². The van der Waals surface area contributed by atoms with E-state index in [0.717, 1.165) is 32.4 Å². The molecule has 0 aromatic carbocycles. The molecule has 1 heterocycles. The Labute approximate surface area is 134 Å². The second-order valence-electron chi connectivity index (χ2n) is 8.21. The Balaban J connectivity index is 2.26. The van der Waals surface area contributed by atoms with Crippen molar-refractivity contribution >= 4 is 12.0 Å². The second kappa shape index (κ2) is 7.34. The summed E-state index contributed by atoms with van der Waals surface area (Å²) in [4.78, 5) is 25.6. The van der Waals surface area contributed by atoms with Crippen LogP contribution in [0, 0.1) is 11.3 Å². The van der Waals surface area contributed by atoms with Gasteiger partial charge in [-0.25, -0.2) is 4.79 Å². The van der Waals surface area contributed by atoms with Gasteiger partial charge in [0.2, 0.25) is 5.91 Å². The molecule has 1 saturated heterocycles. The number of amides is 2. The highest BCUT2D eigenvalue weighted by atomic mass is 16.6. The highest BCUT2D eigenvalue weighted by molar-refractivity contribution is 5.81. The molecule has 1 aliphatic rings. The van der Waals surface area contributed by atoms with Gasteiger partial charge in [0.15, 0.2) is 0 Å². The van der Waals surface area contributed by atoms with Crippen LogP contribution in [0.3, 0.4) is 0 Å². The van der Waals surface area contributed by atoms with Crippen molar-refractivity contribution in [3.8, 4) is 0 Å². The van der Waals surface area contributed by atoms with Crippen molar-refractivity contribution in [2.24, 2.45) is 11.3 Å². The van der Waals surface area contributed by atoms with Crippen LogP contribution < -0.4 is 5.32 Å². The quantitative estimate of drug-likeness (QED) is 0.870. The van der Waals surface area contributed by atoms with Gasteiger partial charge in [0, 0.05) is 25.0 Å². The molecule has 128 valence electrons. The standard InChI is InChI=1S/C17H32N2O3/c1-16(2,3)14(20)18-10-7-13-8-11-19(12-9-13)15(21)22-17(4,5)6/h13H,7-12H2,1-6H3,(H,18,20). The summed E-state index contributed by atoms with van der Waals surface area (Å²) < 4.78 is 5.39. The Kier molecular flexibility index (Phi) is 6.27. The maximum atomic E-state index is 12.0. The van der Waals surface area contributed by atoms with E-state index in [-0.39, 0.29) is 17.4 Å². The van der Waals surface area contributed by atoms with Crippen molar-refractivity contribution in [1.29, 1.82) is 0 Å². The third-order valence-electron chi connectivity index (χ3n) is 3.79. The molecule has 0 aromatic heterocycles. The molecule has 0 unspecified atom stereocenters. The fourth-order valence-corrected chi connectivity index (χ4v) is 2.39. The minimum absolute atomic E-state index is 0.0960. The molecule has 0 atom stereocenters. The molecule has 5 heteroatoms. The van der Waals surface area contributed by atoms with E-state index in [4.69, 9.17) is 4.74 Å². The van der Waals surface area contributed by atoms with E-state index < -0.39 is 5.60 Å². The van der Waals surface area contributed by atoms with Crippen molar-refractivity contribution in [3.63, 3.8) is 0 Å². The lowest BCUT2D eigenvalue weighted by molar-refractivity contribution is -0.128. The van der Waals surface area contributed by atoms with Gasteiger partial charge in [-0.05, 0) is 46.0 Å². The molecule has 1 N–H and O–H groups in total. The zero-order valence-corrected chi connectivity index (χ0v) is 15.0. The lowest BCUT2D eigenvalue weighted by Gasteiger charge is -2.33. The zero-order chi connectivity index (χ0) is 17.0. The van der Waals surface area contributed by atoms with Crippen molar-refractivity contribution in [2.45, 2.75) is 66.4 Å². The molecule has 1 rings (SSSR count). The number of hydrogen-bond donors (Lipinski definition) is 1. The Hall–Kier alpha value is -1.26. The first-order chi connectivity index (χ1) is 9.99. The molecule has 22 heavy (non-hydrogen) atoms. The Morgan fingerprint density at radius 1 is 1.09 bits per heavy atom. The number of nitrogens with one attached hydrogen (secondary N) is 1. The molecule has 0 aliphatic carbocycles. The predicted octanol–water partition coefficient (Wildman–Crippen LogP) is 3.19. The molecule has 0 bridgehead atoms. The maximum absolute atomic E-state index is 12.0. The molecule has 0 radical (unpaired) electrons. The molecule has 0 saturated carbocycles. The summed E-state index contributed by atoms with van der Waals surface area (Å²) in [5, 5.41) is 2.99. The van der Waals surface area contributed by atoms with Crippen LogP contribution in [0.1, 0.15) is 60.8 Å². The molecule has 2 amide bonds. The molecule has 1 aliphatic heterocycles. The van der Waals surface area contributed by atoms with Crippen LogP contribution >= 0.6 is 0 Å². The summed E-state index contributed by atoms with van der Waals surface area (Å²) in [6, 6.07) is 0. The van der Waals surface area contributed by atoms with E-state index in [1.807, 2.05) is 41.5 Å². The summed E-state index contributed by atoms with van der Waals surface area (Å²) >= 11 is 0. The highest BCUT2D eigenvalue weighted by Crippen LogP contribution is 2.22. The van der Waals surface area contributed by atoms with E-state index in [0.29, 0.717) is 12.5 Å². The van der Waals surface area contributed by atoms with Crippen LogP contribution in [0.5, 0.6) is 0 Å². The van der Waals surface area contributed by atoms with Crippen LogP contribution in [0.2, 0.25) is 0 Å². The number of carbonyl (C=O) groups is 2. The summed E-state index contributed by atoms with van der Waals surface area (Å²) in [5.41, 5.74) is -0.773. The van der Waals surface area contributed by atoms with Crippen molar-refractivity contribution < 1.29 is 14.3 Å². The topological polar surface area (TPSA) is 58.6 Å². The van der Waals surface area contributed by atoms with Gasteiger partial charge in [-0.3, -0.25) is 4.79 Å². The number of piperidine rings is 1.